The summed E-state index contributed by atoms with van der Waals surface area (Å²) in [5.74, 6) is -0.0528. The number of hydrogen-bond acceptors (Lipinski definition) is 4. The van der Waals surface area contributed by atoms with Crippen molar-refractivity contribution >= 4 is 15.9 Å². The van der Waals surface area contributed by atoms with Crippen molar-refractivity contribution in [2.24, 2.45) is 0 Å². The summed E-state index contributed by atoms with van der Waals surface area (Å²) < 4.78 is 5.79. The van der Waals surface area contributed by atoms with Crippen molar-refractivity contribution in [2.45, 2.75) is 13.2 Å². The van der Waals surface area contributed by atoms with Crippen LogP contribution in [0.25, 0.3) is 0 Å². The minimum atomic E-state index is -0.516. The van der Waals surface area contributed by atoms with Crippen LogP contribution >= 0.6 is 15.9 Å². The van der Waals surface area contributed by atoms with Gasteiger partial charge in [0.2, 0.25) is 5.43 Å². The minimum absolute atomic E-state index is 0.0237. The number of halogens is 1. The molecular formula is C13H11BrNO4-. The number of ether oxygens (including phenoxy) is 1. The highest BCUT2D eigenvalue weighted by molar-refractivity contribution is 9.10. The summed E-state index contributed by atoms with van der Waals surface area (Å²) in [6, 6.07) is 9.30. The first-order valence-electron chi connectivity index (χ1n) is 5.52. The van der Waals surface area contributed by atoms with Gasteiger partial charge in [0.25, 0.3) is 0 Å². The molecule has 0 fully saturated rings. The van der Waals surface area contributed by atoms with Crippen LogP contribution in [-0.2, 0) is 13.2 Å². The Balaban J connectivity index is 2.25. The fourth-order valence-corrected chi connectivity index (χ4v) is 2.05. The number of aliphatic hydroxyl groups is 1. The molecule has 19 heavy (non-hydrogen) atoms. The molecule has 0 aliphatic rings. The lowest BCUT2D eigenvalue weighted by Gasteiger charge is -2.18. The van der Waals surface area contributed by atoms with E-state index in [1.54, 1.807) is 0 Å². The van der Waals surface area contributed by atoms with Crippen LogP contribution in [0.1, 0.15) is 11.3 Å². The van der Waals surface area contributed by atoms with E-state index in [0.717, 1.165) is 11.8 Å². The summed E-state index contributed by atoms with van der Waals surface area (Å²) >= 11 is 2.99. The average Bonchev–Trinajstić information content (AvgIpc) is 2.43. The monoisotopic (exact) mass is 324 g/mol. The van der Waals surface area contributed by atoms with Gasteiger partial charge in [-0.25, -0.2) is 0 Å². The summed E-state index contributed by atoms with van der Waals surface area (Å²) in [7, 11) is 0. The number of nitrogens with zero attached hydrogens (tertiary/aromatic N) is 1. The van der Waals surface area contributed by atoms with Gasteiger partial charge in [-0.2, -0.15) is 0 Å². The van der Waals surface area contributed by atoms with Gasteiger partial charge in [-0.15, -0.1) is 0 Å². The highest BCUT2D eigenvalue weighted by atomic mass is 79.9. The highest BCUT2D eigenvalue weighted by Crippen LogP contribution is 2.17. The maximum Gasteiger partial charge on any atom is 0.237 e. The summed E-state index contributed by atoms with van der Waals surface area (Å²) in [6.07, 6.45) is 1.03. The number of hydrogen-bond donors (Lipinski definition) is 1. The van der Waals surface area contributed by atoms with Crippen molar-refractivity contribution in [1.82, 2.24) is 4.73 Å². The van der Waals surface area contributed by atoms with Crippen LogP contribution in [0.4, 0.5) is 0 Å². The normalized spacial score (nSPS) is 10.4. The fourth-order valence-electron chi connectivity index (χ4n) is 1.56. The van der Waals surface area contributed by atoms with E-state index in [1.165, 1.54) is 0 Å². The van der Waals surface area contributed by atoms with Crippen molar-refractivity contribution in [3.8, 4) is 5.75 Å². The molecule has 0 saturated heterocycles. The maximum absolute atomic E-state index is 11.9. The van der Waals surface area contributed by atoms with E-state index in [9.17, 15) is 10.0 Å². The van der Waals surface area contributed by atoms with Gasteiger partial charge >= 0.3 is 0 Å². The van der Waals surface area contributed by atoms with E-state index < -0.39 is 12.0 Å². The molecule has 100 valence electrons. The van der Waals surface area contributed by atoms with Gasteiger partial charge in [-0.05, 0) is 21.5 Å². The van der Waals surface area contributed by atoms with Crippen LogP contribution in [0, 0.1) is 5.21 Å². The predicted molar refractivity (Wildman–Crippen MR) is 73.9 cm³/mol. The molecule has 0 atom stereocenters. The summed E-state index contributed by atoms with van der Waals surface area (Å²) in [6.45, 7) is -0.320. The van der Waals surface area contributed by atoms with Gasteiger partial charge in [0.1, 0.15) is 6.61 Å². The minimum Gasteiger partial charge on any atom is -0.806 e. The van der Waals surface area contributed by atoms with E-state index in [4.69, 9.17) is 9.84 Å². The number of pyridine rings is 1. The molecule has 0 amide bonds. The van der Waals surface area contributed by atoms with Crippen LogP contribution < -0.4 is 10.2 Å². The van der Waals surface area contributed by atoms with E-state index in [2.05, 4.69) is 15.9 Å². The molecule has 1 aromatic carbocycles. The number of aliphatic hydroxyl groups excluding tert-OH is 1. The molecular weight excluding hydrogens is 314 g/mol. The Bertz CT molecular complexity index is 625. The van der Waals surface area contributed by atoms with E-state index in [0.29, 0.717) is 4.73 Å². The summed E-state index contributed by atoms with van der Waals surface area (Å²) in [4.78, 5) is 11.9. The van der Waals surface area contributed by atoms with Crippen molar-refractivity contribution in [3.63, 3.8) is 0 Å². The first kappa shape index (κ1) is 13.6. The van der Waals surface area contributed by atoms with Gasteiger partial charge in [-0.1, -0.05) is 30.3 Å². The van der Waals surface area contributed by atoms with Crippen molar-refractivity contribution in [2.75, 3.05) is 0 Å². The standard InChI is InChI=1S/C13H11BrNO4/c14-12-10(7-16)15(18)6-11(13(12)17)19-8-9-4-2-1-3-5-9/h1-6,16H,7-8H2/q-1. The van der Waals surface area contributed by atoms with Crippen molar-refractivity contribution in [3.05, 3.63) is 67.7 Å². The van der Waals surface area contributed by atoms with E-state index in [-0.39, 0.29) is 22.5 Å². The lowest BCUT2D eigenvalue weighted by molar-refractivity contribution is 0.269. The summed E-state index contributed by atoms with van der Waals surface area (Å²) in [5, 5.41) is 20.6. The molecule has 5 nitrogen and oxygen atoms in total. The van der Waals surface area contributed by atoms with Gasteiger partial charge in [0, 0.05) is 6.20 Å². The predicted octanol–water partition coefficient (Wildman–Crippen LogP) is 2.03. The molecule has 2 aromatic rings. The van der Waals surface area contributed by atoms with Crippen LogP contribution in [0.5, 0.6) is 5.75 Å². The quantitative estimate of drug-likeness (QED) is 0.933. The molecule has 6 heteroatoms. The molecule has 0 spiro atoms. The zero-order chi connectivity index (χ0) is 13.8. The maximum atomic E-state index is 11.9. The molecule has 1 N–H and O–H groups in total. The average molecular weight is 325 g/mol. The lowest BCUT2D eigenvalue weighted by atomic mass is 10.2. The largest absolute Gasteiger partial charge is 0.806 e. The lowest BCUT2D eigenvalue weighted by Crippen LogP contribution is -2.15. The molecule has 0 bridgehead atoms. The Hall–Kier alpha value is -1.79. The number of aromatic nitrogens is 1. The molecule has 0 unspecified atom stereocenters. The third-order valence-corrected chi connectivity index (χ3v) is 3.38. The fraction of sp³-hybridized carbons (Fsp3) is 0.154. The van der Waals surface area contributed by atoms with E-state index in [1.807, 2.05) is 30.3 Å². The second-order valence-corrected chi connectivity index (χ2v) is 4.63. The highest BCUT2D eigenvalue weighted by Gasteiger charge is 2.11. The van der Waals surface area contributed by atoms with Gasteiger partial charge in [0.05, 0.1) is 16.8 Å². The molecule has 0 saturated carbocycles. The van der Waals surface area contributed by atoms with Crippen LogP contribution in [0.15, 0.2) is 45.8 Å². The van der Waals surface area contributed by atoms with Gasteiger partial charge in [-0.3, -0.25) is 4.79 Å². The Morgan fingerprint density at radius 3 is 2.63 bits per heavy atom. The number of rotatable bonds is 4. The summed E-state index contributed by atoms with van der Waals surface area (Å²) in [5.41, 5.74) is 0.408. The third kappa shape index (κ3) is 2.97. The molecule has 0 aliphatic carbocycles. The van der Waals surface area contributed by atoms with Crippen LogP contribution in [-0.4, -0.2) is 9.84 Å². The zero-order valence-corrected chi connectivity index (χ0v) is 11.5. The van der Waals surface area contributed by atoms with Crippen LogP contribution in [0.3, 0.4) is 0 Å². The Morgan fingerprint density at radius 1 is 1.32 bits per heavy atom. The third-order valence-electron chi connectivity index (χ3n) is 2.56. The zero-order valence-electron chi connectivity index (χ0n) is 9.88. The van der Waals surface area contributed by atoms with Gasteiger partial charge in [0.15, 0.2) is 5.75 Å². The topological polar surface area (TPSA) is 74.5 Å². The first-order valence-corrected chi connectivity index (χ1v) is 6.32. The number of benzene rings is 1. The van der Waals surface area contributed by atoms with Crippen molar-refractivity contribution in [1.29, 1.82) is 0 Å². The smallest absolute Gasteiger partial charge is 0.237 e. The molecule has 2 rings (SSSR count). The van der Waals surface area contributed by atoms with Crippen molar-refractivity contribution < 1.29 is 9.84 Å². The Labute approximate surface area is 117 Å². The van der Waals surface area contributed by atoms with Gasteiger partial charge < -0.3 is 19.8 Å². The molecule has 0 aliphatic heterocycles. The second-order valence-electron chi connectivity index (χ2n) is 3.84. The Morgan fingerprint density at radius 2 is 2.00 bits per heavy atom. The SMILES string of the molecule is O=c1c(OCc2ccccc2)cn([O-])c(CO)c1Br. The Kier molecular flexibility index (Phi) is 4.24. The van der Waals surface area contributed by atoms with E-state index >= 15 is 0 Å². The first-order chi connectivity index (χ1) is 9.13. The molecule has 1 heterocycles. The second kappa shape index (κ2) is 5.90. The van der Waals surface area contributed by atoms with Crippen LogP contribution in [0.2, 0.25) is 0 Å². The molecule has 1 aromatic heterocycles. The molecule has 0 radical (unpaired) electrons.